The topological polar surface area (TPSA) is 103 Å². The van der Waals surface area contributed by atoms with Crippen LogP contribution in [0, 0.1) is 10.1 Å². The van der Waals surface area contributed by atoms with Gasteiger partial charge in [0.25, 0.3) is 11.6 Å². The predicted molar refractivity (Wildman–Crippen MR) is 125 cm³/mol. The number of aromatic nitrogens is 3. The number of non-ortho nitro benzene ring substituents is 1. The van der Waals surface area contributed by atoms with Crippen LogP contribution in [0.25, 0.3) is 0 Å². The Morgan fingerprint density at radius 3 is 2.41 bits per heavy atom. The summed E-state index contributed by atoms with van der Waals surface area (Å²) in [6, 6.07) is 22.5. The predicted octanol–water partition coefficient (Wildman–Crippen LogP) is 4.58. The second kappa shape index (κ2) is 8.78. The number of hydrogen-bond donors (Lipinski definition) is 0. The molecule has 1 aliphatic heterocycles. The monoisotopic (exact) mass is 455 g/mol. The summed E-state index contributed by atoms with van der Waals surface area (Å²) in [5, 5.41) is 15.5. The highest BCUT2D eigenvalue weighted by Gasteiger charge is 2.40. The Bertz CT molecular complexity index is 1340. The van der Waals surface area contributed by atoms with Gasteiger partial charge >= 0.3 is 0 Å². The first-order valence-electron chi connectivity index (χ1n) is 10.7. The fraction of sp³-hybridized carbons (Fsp3) is 0.160. The lowest BCUT2D eigenvalue weighted by atomic mass is 9.91. The fourth-order valence-corrected chi connectivity index (χ4v) is 4.45. The van der Waals surface area contributed by atoms with E-state index in [0.29, 0.717) is 17.9 Å². The summed E-state index contributed by atoms with van der Waals surface area (Å²) < 4.78 is 7.34. The minimum Gasteiger partial charge on any atom is -0.496 e. The number of nitrogens with zero attached hydrogens (tertiary/aromatic N) is 5. The number of carbonyl (C=O) groups is 1. The molecule has 0 radical (unpaired) electrons. The molecule has 0 saturated heterocycles. The molecule has 9 heteroatoms. The molecule has 2 heterocycles. The molecule has 0 spiro atoms. The highest BCUT2D eigenvalue weighted by molar-refractivity contribution is 6.06. The van der Waals surface area contributed by atoms with Crippen molar-refractivity contribution < 1.29 is 14.5 Å². The van der Waals surface area contributed by atoms with Crippen LogP contribution in [0.15, 0.2) is 85.2 Å². The first-order valence-corrected chi connectivity index (χ1v) is 10.7. The molecular formula is C25H21N5O4. The number of fused-ring (bicyclic) bond motifs is 1. The van der Waals surface area contributed by atoms with Gasteiger partial charge in [-0.3, -0.25) is 19.8 Å². The van der Waals surface area contributed by atoms with E-state index in [1.165, 1.54) is 30.6 Å². The maximum Gasteiger partial charge on any atom is 0.269 e. The van der Waals surface area contributed by atoms with Crippen LogP contribution in [0.1, 0.15) is 40.0 Å². The van der Waals surface area contributed by atoms with E-state index in [1.807, 2.05) is 54.6 Å². The second-order valence-corrected chi connectivity index (χ2v) is 7.90. The summed E-state index contributed by atoms with van der Waals surface area (Å²) in [5.74, 6) is 0.826. The van der Waals surface area contributed by atoms with Gasteiger partial charge in [-0.1, -0.05) is 48.5 Å². The lowest BCUT2D eigenvalue weighted by Crippen LogP contribution is -2.42. The van der Waals surface area contributed by atoms with E-state index in [-0.39, 0.29) is 23.7 Å². The average Bonchev–Trinajstić information content (AvgIpc) is 3.38. The number of carbonyl (C=O) groups excluding carboxylic acids is 1. The third-order valence-corrected chi connectivity index (χ3v) is 6.05. The lowest BCUT2D eigenvalue weighted by Gasteiger charge is -2.39. The summed E-state index contributed by atoms with van der Waals surface area (Å²) >= 11 is 0. The molecule has 34 heavy (non-hydrogen) atoms. The summed E-state index contributed by atoms with van der Waals surface area (Å²) in [7, 11) is 1.63. The van der Waals surface area contributed by atoms with Crippen molar-refractivity contribution in [1.82, 2.24) is 14.8 Å². The van der Waals surface area contributed by atoms with Gasteiger partial charge in [0, 0.05) is 23.3 Å². The summed E-state index contributed by atoms with van der Waals surface area (Å²) in [4.78, 5) is 30.4. The van der Waals surface area contributed by atoms with E-state index in [2.05, 4.69) is 10.1 Å². The quantitative estimate of drug-likeness (QED) is 0.322. The second-order valence-electron chi connectivity index (χ2n) is 7.90. The Hall–Kier alpha value is -4.53. The van der Waals surface area contributed by atoms with Gasteiger partial charge in [0.15, 0.2) is 0 Å². The Labute approximate surface area is 195 Å². The number of rotatable bonds is 5. The largest absolute Gasteiger partial charge is 0.496 e. The molecule has 1 aliphatic rings. The first-order chi connectivity index (χ1) is 16.6. The zero-order chi connectivity index (χ0) is 23.7. The maximum atomic E-state index is 13.7. The number of ether oxygens (including phenoxy) is 1. The highest BCUT2D eigenvalue weighted by atomic mass is 16.6. The lowest BCUT2D eigenvalue weighted by molar-refractivity contribution is -0.384. The SMILES string of the molecule is COc1ccccc1C1CC(c2ccccc2)N(C(=O)c2ccc([N+](=O)[O-])cc2)c2ncnn21. The molecule has 0 fully saturated rings. The van der Waals surface area contributed by atoms with Crippen LogP contribution in [0.3, 0.4) is 0 Å². The molecule has 0 bridgehead atoms. The number of amides is 1. The third kappa shape index (κ3) is 3.66. The third-order valence-electron chi connectivity index (χ3n) is 6.05. The van der Waals surface area contributed by atoms with E-state index in [9.17, 15) is 14.9 Å². The van der Waals surface area contributed by atoms with E-state index in [0.717, 1.165) is 16.9 Å². The zero-order valence-corrected chi connectivity index (χ0v) is 18.3. The maximum absolute atomic E-state index is 13.7. The molecule has 4 aromatic rings. The molecule has 1 amide bonds. The minimum atomic E-state index is -0.490. The molecule has 5 rings (SSSR count). The van der Waals surface area contributed by atoms with Gasteiger partial charge in [0.05, 0.1) is 24.1 Å². The number of anilines is 1. The molecule has 0 N–H and O–H groups in total. The van der Waals surface area contributed by atoms with Crippen LogP contribution >= 0.6 is 0 Å². The Morgan fingerprint density at radius 1 is 1.00 bits per heavy atom. The number of methoxy groups -OCH3 is 1. The van der Waals surface area contributed by atoms with Crippen molar-refractivity contribution >= 4 is 17.5 Å². The fourth-order valence-electron chi connectivity index (χ4n) is 4.45. The van der Waals surface area contributed by atoms with Gasteiger partial charge in [0.2, 0.25) is 5.95 Å². The molecule has 170 valence electrons. The summed E-state index contributed by atoms with van der Waals surface area (Å²) in [5.41, 5.74) is 2.15. The molecular weight excluding hydrogens is 434 g/mol. The summed E-state index contributed by atoms with van der Waals surface area (Å²) in [6.45, 7) is 0. The van der Waals surface area contributed by atoms with Crippen molar-refractivity contribution in [2.75, 3.05) is 12.0 Å². The van der Waals surface area contributed by atoms with Crippen LogP contribution in [-0.4, -0.2) is 32.7 Å². The van der Waals surface area contributed by atoms with Gasteiger partial charge in [-0.05, 0) is 30.2 Å². The molecule has 2 atom stereocenters. The van der Waals surface area contributed by atoms with Crippen molar-refractivity contribution in [3.8, 4) is 5.75 Å². The van der Waals surface area contributed by atoms with E-state index < -0.39 is 4.92 Å². The van der Waals surface area contributed by atoms with Crippen molar-refractivity contribution in [3.63, 3.8) is 0 Å². The van der Waals surface area contributed by atoms with E-state index in [1.54, 1.807) is 16.7 Å². The number of hydrogen-bond acceptors (Lipinski definition) is 6. The Morgan fingerprint density at radius 2 is 1.71 bits per heavy atom. The van der Waals surface area contributed by atoms with Crippen molar-refractivity contribution in [3.05, 3.63) is 112 Å². The average molecular weight is 455 g/mol. The minimum absolute atomic E-state index is 0.0748. The van der Waals surface area contributed by atoms with Crippen molar-refractivity contribution in [2.24, 2.45) is 0 Å². The Kier molecular flexibility index (Phi) is 5.51. The van der Waals surface area contributed by atoms with Gasteiger partial charge in [-0.25, -0.2) is 4.68 Å². The first kappa shape index (κ1) is 21.3. The van der Waals surface area contributed by atoms with E-state index in [4.69, 9.17) is 4.74 Å². The molecule has 2 unspecified atom stereocenters. The van der Waals surface area contributed by atoms with E-state index >= 15 is 0 Å². The van der Waals surface area contributed by atoms with Crippen LogP contribution in [0.2, 0.25) is 0 Å². The van der Waals surface area contributed by atoms with Crippen LogP contribution in [0.4, 0.5) is 11.6 Å². The van der Waals surface area contributed by atoms with Gasteiger partial charge in [-0.15, -0.1) is 0 Å². The molecule has 0 aliphatic carbocycles. The smallest absolute Gasteiger partial charge is 0.269 e. The zero-order valence-electron chi connectivity index (χ0n) is 18.3. The standard InChI is InChI=1S/C25H21N5O4/c1-34-23-10-6-5-9-20(23)22-15-21(17-7-3-2-4-8-17)28(25-26-16-27-29(22)25)24(31)18-11-13-19(14-12-18)30(32)33/h2-14,16,21-22H,15H2,1H3. The molecule has 9 nitrogen and oxygen atoms in total. The summed E-state index contributed by atoms with van der Waals surface area (Å²) in [6.07, 6.45) is 1.97. The number of benzene rings is 3. The van der Waals surface area contributed by atoms with Crippen LogP contribution in [-0.2, 0) is 0 Å². The highest BCUT2D eigenvalue weighted by Crippen LogP contribution is 2.44. The van der Waals surface area contributed by atoms with Gasteiger partial charge < -0.3 is 4.74 Å². The molecule has 3 aromatic carbocycles. The number of nitro benzene ring substituents is 1. The van der Waals surface area contributed by atoms with Gasteiger partial charge in [0.1, 0.15) is 12.1 Å². The van der Waals surface area contributed by atoms with Gasteiger partial charge in [-0.2, -0.15) is 10.1 Å². The number of para-hydroxylation sites is 1. The normalized spacial score (nSPS) is 17.1. The van der Waals surface area contributed by atoms with Crippen molar-refractivity contribution in [2.45, 2.75) is 18.5 Å². The van der Waals surface area contributed by atoms with Crippen LogP contribution < -0.4 is 9.64 Å². The van der Waals surface area contributed by atoms with Crippen LogP contribution in [0.5, 0.6) is 5.75 Å². The Balaban J connectivity index is 1.63. The number of nitro groups is 1. The van der Waals surface area contributed by atoms with Crippen molar-refractivity contribution in [1.29, 1.82) is 0 Å². The molecule has 0 saturated carbocycles. The molecule has 1 aromatic heterocycles.